The van der Waals surface area contributed by atoms with Crippen LogP contribution >= 0.6 is 7.82 Å². The van der Waals surface area contributed by atoms with E-state index in [1.807, 2.05) is 0 Å². The summed E-state index contributed by atoms with van der Waals surface area (Å²) in [5.41, 5.74) is 0. The van der Waals surface area contributed by atoms with Gasteiger partial charge in [-0.05, 0) is 0 Å². The molecule has 0 aliphatic carbocycles. The molecule has 0 spiro atoms. The fourth-order valence-corrected chi connectivity index (χ4v) is 0. The van der Waals surface area contributed by atoms with Crippen LogP contribution in [0.25, 0.3) is 0 Å². The van der Waals surface area contributed by atoms with Gasteiger partial charge in [-0.15, -0.1) is 0 Å². The van der Waals surface area contributed by atoms with Crippen LogP contribution < -0.4 is 0 Å². The Labute approximate surface area is 77.1 Å². The molecule has 0 fully saturated rings. The van der Waals surface area contributed by atoms with E-state index in [1.54, 1.807) is 0 Å². The Balaban J connectivity index is -0.0000000800. The Hall–Kier alpha value is 1.80. The molecule has 0 heterocycles. The molecule has 3 N–H and O–H groups in total. The maximum atomic E-state index is 8.88. The Kier molecular flexibility index (Phi) is 13.5. The van der Waals surface area contributed by atoms with Crippen molar-refractivity contribution in [2.24, 2.45) is 0 Å². The Morgan fingerprint density at radius 3 is 1.14 bits per heavy atom. The zero-order valence-electron chi connectivity index (χ0n) is 2.61. The van der Waals surface area contributed by atoms with Gasteiger partial charge in [0.1, 0.15) is 0 Å². The molecular formula is H4MoNaO4P. The first-order valence-corrected chi connectivity index (χ1v) is 2.35. The van der Waals surface area contributed by atoms with Gasteiger partial charge >= 0.3 is 37.4 Å². The molecule has 0 amide bonds. The molecule has 0 aromatic heterocycles. The van der Waals surface area contributed by atoms with Crippen LogP contribution in [0.1, 0.15) is 0 Å². The molecule has 0 unspecified atom stereocenters. The van der Waals surface area contributed by atoms with E-state index in [0.717, 1.165) is 0 Å². The topological polar surface area (TPSA) is 77.8 Å². The predicted molar refractivity (Wildman–Crippen MR) is 21.4 cm³/mol. The van der Waals surface area contributed by atoms with Crippen LogP contribution in [-0.2, 0) is 25.6 Å². The second-order valence-electron chi connectivity index (χ2n) is 0.513. The molecule has 0 aromatic rings. The van der Waals surface area contributed by atoms with E-state index in [1.165, 1.54) is 0 Å². The minimum absolute atomic E-state index is 0. The molecule has 0 rings (SSSR count). The van der Waals surface area contributed by atoms with Crippen molar-refractivity contribution in [1.29, 1.82) is 0 Å². The monoisotopic (exact) mass is 220 g/mol. The molecule has 40 valence electrons. The van der Waals surface area contributed by atoms with E-state index in [2.05, 4.69) is 0 Å². The molecule has 0 aromatic carbocycles. The summed E-state index contributed by atoms with van der Waals surface area (Å²) in [5.74, 6) is 0. The molecule has 7 heavy (non-hydrogen) atoms. The fraction of sp³-hybridized carbons (Fsp3) is 0. The van der Waals surface area contributed by atoms with Gasteiger partial charge in [-0.25, -0.2) is 4.57 Å². The summed E-state index contributed by atoms with van der Waals surface area (Å²) in [6.45, 7) is 0. The summed E-state index contributed by atoms with van der Waals surface area (Å²) in [5, 5.41) is 0. The van der Waals surface area contributed by atoms with Gasteiger partial charge in [0.15, 0.2) is 0 Å². The quantitative estimate of drug-likeness (QED) is 0.338. The maximum absolute atomic E-state index is 8.88. The molecule has 0 aliphatic rings. The van der Waals surface area contributed by atoms with Gasteiger partial charge in [-0.2, -0.15) is 0 Å². The van der Waals surface area contributed by atoms with Crippen molar-refractivity contribution in [2.45, 2.75) is 0 Å². The molecule has 0 saturated carbocycles. The van der Waals surface area contributed by atoms with Crippen molar-refractivity contribution in [2.75, 3.05) is 0 Å². The zero-order chi connectivity index (χ0) is 4.50. The Bertz CT molecular complexity index is 57.8. The van der Waals surface area contributed by atoms with E-state index in [9.17, 15) is 0 Å². The van der Waals surface area contributed by atoms with E-state index in [-0.39, 0.29) is 50.6 Å². The van der Waals surface area contributed by atoms with Gasteiger partial charge in [-0.1, -0.05) is 0 Å². The van der Waals surface area contributed by atoms with Crippen LogP contribution in [0.2, 0.25) is 0 Å². The number of phosphoric acid groups is 1. The number of rotatable bonds is 0. The first-order chi connectivity index (χ1) is 2.00. The first-order valence-electron chi connectivity index (χ1n) is 0.783. The third-order valence-corrected chi connectivity index (χ3v) is 0. The normalized spacial score (nSPS) is 8.43. The van der Waals surface area contributed by atoms with E-state index < -0.39 is 7.82 Å². The predicted octanol–water partition coefficient (Wildman–Crippen LogP) is -1.58. The summed E-state index contributed by atoms with van der Waals surface area (Å²) in [6, 6.07) is 0. The van der Waals surface area contributed by atoms with E-state index in [4.69, 9.17) is 19.2 Å². The second-order valence-corrected chi connectivity index (χ2v) is 1.54. The van der Waals surface area contributed by atoms with Crippen LogP contribution in [0.5, 0.6) is 0 Å². The van der Waals surface area contributed by atoms with Crippen molar-refractivity contribution in [3.05, 3.63) is 0 Å². The van der Waals surface area contributed by atoms with Crippen molar-refractivity contribution in [3.63, 3.8) is 0 Å². The second kappa shape index (κ2) is 5.93. The van der Waals surface area contributed by atoms with Crippen LogP contribution in [0.15, 0.2) is 0 Å². The number of hydrogen-bond acceptors (Lipinski definition) is 1. The Morgan fingerprint density at radius 1 is 1.14 bits per heavy atom. The van der Waals surface area contributed by atoms with Crippen molar-refractivity contribution in [1.82, 2.24) is 0 Å². The zero-order valence-corrected chi connectivity index (χ0v) is 5.51. The fourth-order valence-electron chi connectivity index (χ4n) is 0. The summed E-state index contributed by atoms with van der Waals surface area (Å²) >= 11 is 0. The third-order valence-electron chi connectivity index (χ3n) is 0. The third kappa shape index (κ3) is 81.1. The minimum atomic E-state index is -4.64. The molecule has 0 aliphatic heterocycles. The van der Waals surface area contributed by atoms with Gasteiger partial charge in [0.05, 0.1) is 0 Å². The van der Waals surface area contributed by atoms with Crippen molar-refractivity contribution in [3.8, 4) is 0 Å². The number of hydrogen-bond donors (Lipinski definition) is 3. The summed E-state index contributed by atoms with van der Waals surface area (Å²) < 4.78 is 8.88. The molecular weight excluding hydrogens is 214 g/mol. The van der Waals surface area contributed by atoms with Crippen molar-refractivity contribution < 1.29 is 40.3 Å². The first kappa shape index (κ1) is 15.9. The summed E-state index contributed by atoms with van der Waals surface area (Å²) in [6.07, 6.45) is 0. The summed E-state index contributed by atoms with van der Waals surface area (Å²) in [4.78, 5) is 21.6. The van der Waals surface area contributed by atoms with Crippen LogP contribution in [-0.4, -0.2) is 44.2 Å². The van der Waals surface area contributed by atoms with Crippen LogP contribution in [0.3, 0.4) is 0 Å². The van der Waals surface area contributed by atoms with Gasteiger partial charge in [0.25, 0.3) is 0 Å². The SMILES string of the molecule is O=P(O)(O)O.[Mo].[NaH]. The average molecular weight is 218 g/mol. The van der Waals surface area contributed by atoms with Crippen molar-refractivity contribution >= 4 is 37.4 Å². The van der Waals surface area contributed by atoms with Crippen LogP contribution in [0, 0.1) is 0 Å². The van der Waals surface area contributed by atoms with Gasteiger partial charge in [-0.3, -0.25) is 0 Å². The molecule has 0 radical (unpaired) electrons. The molecule has 4 nitrogen and oxygen atoms in total. The van der Waals surface area contributed by atoms with Gasteiger partial charge in [0, 0.05) is 21.1 Å². The van der Waals surface area contributed by atoms with Crippen LogP contribution in [0.4, 0.5) is 0 Å². The standard InChI is InChI=1S/Mo.Na.H3O4P.H/c;;1-5(2,3)4;/h;;(H3,1,2,3,4);. The van der Waals surface area contributed by atoms with Gasteiger partial charge < -0.3 is 14.7 Å². The molecule has 7 heteroatoms. The van der Waals surface area contributed by atoms with E-state index >= 15 is 0 Å². The molecule has 0 saturated heterocycles. The molecule has 0 atom stereocenters. The summed E-state index contributed by atoms with van der Waals surface area (Å²) in [7, 11) is -4.64. The van der Waals surface area contributed by atoms with Gasteiger partial charge in [0.2, 0.25) is 0 Å². The molecule has 0 bridgehead atoms. The Morgan fingerprint density at radius 2 is 1.14 bits per heavy atom. The van der Waals surface area contributed by atoms with E-state index in [0.29, 0.717) is 0 Å². The average Bonchev–Trinajstić information content (AvgIpc) is 0.722.